The second kappa shape index (κ2) is 5.52. The van der Waals surface area contributed by atoms with E-state index in [4.69, 9.17) is 5.11 Å². The quantitative estimate of drug-likeness (QED) is 0.861. The molecule has 1 aliphatic rings. The van der Waals surface area contributed by atoms with Gasteiger partial charge in [0, 0.05) is 31.9 Å². The maximum absolute atomic E-state index is 9.11. The second-order valence-electron chi connectivity index (χ2n) is 4.70. The van der Waals surface area contributed by atoms with Crippen molar-refractivity contribution < 1.29 is 5.11 Å². The Bertz CT molecular complexity index is 370. The number of rotatable bonds is 3. The molecule has 1 aromatic carbocycles. The first-order chi connectivity index (χ1) is 8.24. The van der Waals surface area contributed by atoms with Gasteiger partial charge in [-0.3, -0.25) is 0 Å². The van der Waals surface area contributed by atoms with Gasteiger partial charge < -0.3 is 14.9 Å². The first-order valence-electron chi connectivity index (χ1n) is 6.42. The summed E-state index contributed by atoms with van der Waals surface area (Å²) in [5, 5.41) is 9.11. The molecule has 94 valence electrons. The Hall–Kier alpha value is -1.06. The zero-order valence-corrected chi connectivity index (χ0v) is 10.8. The van der Waals surface area contributed by atoms with Crippen LogP contribution < -0.4 is 4.90 Å². The molecular formula is C14H22N2O. The normalized spacial score (nSPS) is 17.5. The van der Waals surface area contributed by atoms with Crippen molar-refractivity contribution in [2.75, 3.05) is 37.6 Å². The first-order valence-corrected chi connectivity index (χ1v) is 6.42. The van der Waals surface area contributed by atoms with E-state index in [0.717, 1.165) is 38.3 Å². The van der Waals surface area contributed by atoms with Crippen LogP contribution in [0.1, 0.15) is 18.1 Å². The van der Waals surface area contributed by atoms with E-state index in [9.17, 15) is 0 Å². The summed E-state index contributed by atoms with van der Waals surface area (Å²) < 4.78 is 0. The van der Waals surface area contributed by atoms with E-state index in [1.165, 1.54) is 11.3 Å². The van der Waals surface area contributed by atoms with Crippen molar-refractivity contribution in [3.8, 4) is 0 Å². The Morgan fingerprint density at radius 3 is 2.41 bits per heavy atom. The van der Waals surface area contributed by atoms with Gasteiger partial charge in [-0.1, -0.05) is 19.1 Å². The van der Waals surface area contributed by atoms with Crippen molar-refractivity contribution in [3.05, 3.63) is 29.3 Å². The minimum atomic E-state index is 0.130. The molecule has 1 aliphatic heterocycles. The van der Waals surface area contributed by atoms with Crippen LogP contribution in [0.3, 0.4) is 0 Å². The number of likely N-dealkylation sites (N-methyl/N-ethyl adjacent to an activating group) is 1. The molecule has 1 fully saturated rings. The van der Waals surface area contributed by atoms with E-state index in [2.05, 4.69) is 35.8 Å². The molecule has 0 atom stereocenters. The van der Waals surface area contributed by atoms with Crippen molar-refractivity contribution >= 4 is 5.69 Å². The fraction of sp³-hybridized carbons (Fsp3) is 0.571. The van der Waals surface area contributed by atoms with Crippen molar-refractivity contribution in [2.24, 2.45) is 0 Å². The molecule has 3 nitrogen and oxygen atoms in total. The smallest absolute Gasteiger partial charge is 0.0681 e. The van der Waals surface area contributed by atoms with E-state index in [0.29, 0.717) is 0 Å². The zero-order chi connectivity index (χ0) is 12.3. The number of aliphatic hydroxyl groups is 1. The SMILES string of the molecule is CCN1CCN(c2ccc(CO)cc2C)CC1. The maximum atomic E-state index is 9.11. The molecule has 1 N–H and O–H groups in total. The van der Waals surface area contributed by atoms with Gasteiger partial charge in [0.1, 0.15) is 0 Å². The van der Waals surface area contributed by atoms with Gasteiger partial charge in [0.25, 0.3) is 0 Å². The lowest BCUT2D eigenvalue weighted by Crippen LogP contribution is -2.46. The topological polar surface area (TPSA) is 26.7 Å². The monoisotopic (exact) mass is 234 g/mol. The van der Waals surface area contributed by atoms with Crippen molar-refractivity contribution in [2.45, 2.75) is 20.5 Å². The molecule has 1 heterocycles. The third kappa shape index (κ3) is 2.79. The number of piperazine rings is 1. The molecule has 2 rings (SSSR count). The predicted molar refractivity (Wildman–Crippen MR) is 71.4 cm³/mol. The summed E-state index contributed by atoms with van der Waals surface area (Å²) in [4.78, 5) is 4.93. The van der Waals surface area contributed by atoms with E-state index in [1.807, 2.05) is 6.07 Å². The van der Waals surface area contributed by atoms with Crippen molar-refractivity contribution in [1.82, 2.24) is 4.90 Å². The largest absolute Gasteiger partial charge is 0.392 e. The van der Waals surface area contributed by atoms with Crippen LogP contribution in [0.4, 0.5) is 5.69 Å². The maximum Gasteiger partial charge on any atom is 0.0681 e. The molecule has 0 aromatic heterocycles. The fourth-order valence-electron chi connectivity index (χ4n) is 2.48. The molecule has 0 bridgehead atoms. The molecule has 0 spiro atoms. The fourth-order valence-corrected chi connectivity index (χ4v) is 2.48. The molecule has 0 aliphatic carbocycles. The summed E-state index contributed by atoms with van der Waals surface area (Å²) >= 11 is 0. The number of anilines is 1. The number of aliphatic hydroxyl groups excluding tert-OH is 1. The van der Waals surface area contributed by atoms with Crippen molar-refractivity contribution in [3.63, 3.8) is 0 Å². The standard InChI is InChI=1S/C14H22N2O/c1-3-15-6-8-16(9-7-15)14-5-4-13(11-17)10-12(14)2/h4-5,10,17H,3,6-9,11H2,1-2H3. The molecule has 0 unspecified atom stereocenters. The van der Waals surface area contributed by atoms with Gasteiger partial charge >= 0.3 is 0 Å². The Labute approximate surface area is 104 Å². The number of hydrogen-bond acceptors (Lipinski definition) is 3. The van der Waals surface area contributed by atoms with Crippen molar-refractivity contribution in [1.29, 1.82) is 0 Å². The Kier molecular flexibility index (Phi) is 4.02. The van der Waals surface area contributed by atoms with Crippen LogP contribution in [-0.2, 0) is 6.61 Å². The summed E-state index contributed by atoms with van der Waals surface area (Å²) in [6.45, 7) is 10.1. The molecule has 0 saturated carbocycles. The van der Waals surface area contributed by atoms with Crippen LogP contribution in [0.2, 0.25) is 0 Å². The number of hydrogen-bond donors (Lipinski definition) is 1. The molecular weight excluding hydrogens is 212 g/mol. The molecule has 17 heavy (non-hydrogen) atoms. The average Bonchev–Trinajstić information content (AvgIpc) is 2.39. The van der Waals surface area contributed by atoms with Crippen LogP contribution in [0.15, 0.2) is 18.2 Å². The van der Waals surface area contributed by atoms with Gasteiger partial charge in [0.05, 0.1) is 6.61 Å². The van der Waals surface area contributed by atoms with Crippen LogP contribution >= 0.6 is 0 Å². The van der Waals surface area contributed by atoms with Gasteiger partial charge in [-0.2, -0.15) is 0 Å². The lowest BCUT2D eigenvalue weighted by Gasteiger charge is -2.36. The van der Waals surface area contributed by atoms with Gasteiger partial charge in [-0.15, -0.1) is 0 Å². The average molecular weight is 234 g/mol. The highest BCUT2D eigenvalue weighted by molar-refractivity contribution is 5.54. The Morgan fingerprint density at radius 1 is 1.18 bits per heavy atom. The number of nitrogens with zero attached hydrogens (tertiary/aromatic N) is 2. The van der Waals surface area contributed by atoms with E-state index >= 15 is 0 Å². The number of benzene rings is 1. The third-order valence-corrected chi connectivity index (χ3v) is 3.60. The van der Waals surface area contributed by atoms with Crippen LogP contribution in [0, 0.1) is 6.92 Å². The van der Waals surface area contributed by atoms with Crippen LogP contribution in [0.25, 0.3) is 0 Å². The van der Waals surface area contributed by atoms with Gasteiger partial charge in [0.2, 0.25) is 0 Å². The van der Waals surface area contributed by atoms with Gasteiger partial charge in [-0.05, 0) is 30.7 Å². The summed E-state index contributed by atoms with van der Waals surface area (Å²) in [6, 6.07) is 6.25. The minimum absolute atomic E-state index is 0.130. The highest BCUT2D eigenvalue weighted by Crippen LogP contribution is 2.22. The highest BCUT2D eigenvalue weighted by Gasteiger charge is 2.16. The lowest BCUT2D eigenvalue weighted by molar-refractivity contribution is 0.271. The van der Waals surface area contributed by atoms with Gasteiger partial charge in [0.15, 0.2) is 0 Å². The Morgan fingerprint density at radius 2 is 1.88 bits per heavy atom. The Balaban J connectivity index is 2.08. The minimum Gasteiger partial charge on any atom is -0.392 e. The van der Waals surface area contributed by atoms with Crippen LogP contribution in [-0.4, -0.2) is 42.7 Å². The first kappa shape index (κ1) is 12.4. The molecule has 3 heteroatoms. The second-order valence-corrected chi connectivity index (χ2v) is 4.70. The summed E-state index contributed by atoms with van der Waals surface area (Å²) in [6.07, 6.45) is 0. The molecule has 1 saturated heterocycles. The summed E-state index contributed by atoms with van der Waals surface area (Å²) in [5.41, 5.74) is 3.58. The van der Waals surface area contributed by atoms with E-state index in [-0.39, 0.29) is 6.61 Å². The summed E-state index contributed by atoms with van der Waals surface area (Å²) in [5.74, 6) is 0. The lowest BCUT2D eigenvalue weighted by atomic mass is 10.1. The predicted octanol–water partition coefficient (Wildman–Crippen LogP) is 1.63. The van der Waals surface area contributed by atoms with E-state index in [1.54, 1.807) is 0 Å². The third-order valence-electron chi connectivity index (χ3n) is 3.60. The highest BCUT2D eigenvalue weighted by atomic mass is 16.3. The molecule has 0 amide bonds. The van der Waals surface area contributed by atoms with Crippen LogP contribution in [0.5, 0.6) is 0 Å². The summed E-state index contributed by atoms with van der Waals surface area (Å²) in [7, 11) is 0. The molecule has 0 radical (unpaired) electrons. The van der Waals surface area contributed by atoms with Gasteiger partial charge in [-0.25, -0.2) is 0 Å². The zero-order valence-electron chi connectivity index (χ0n) is 10.8. The molecule has 1 aromatic rings. The number of aryl methyl sites for hydroxylation is 1. The van der Waals surface area contributed by atoms with E-state index < -0.39 is 0 Å².